The average molecular weight is 908 g/mol. The van der Waals surface area contributed by atoms with Crippen molar-refractivity contribution in [2.45, 2.75) is 136 Å². The summed E-state index contributed by atoms with van der Waals surface area (Å²) in [5.74, 6) is 1.91. The van der Waals surface area contributed by atoms with Crippen molar-refractivity contribution >= 4 is 34.7 Å². The summed E-state index contributed by atoms with van der Waals surface area (Å²) in [6.07, 6.45) is 10.8. The van der Waals surface area contributed by atoms with Crippen molar-refractivity contribution in [3.8, 4) is 33.5 Å². The molecule has 354 valence electrons. The SMILES string of the molecule is CCC(=O)C[C@H](C(=O)N1C[C@@H](C)C[C@H]1c1ncc(-c2ccc(-c3ccc(-c4ccc5nc([C@@H]6C[C@H](C)CN6C(=O)[C@@H](NC(=O)OC)C(C)C)[nH]c5c4)c4c3C3(CCCC3)CC4)cc2)[nH]1)C(C)C. The van der Waals surface area contributed by atoms with Gasteiger partial charge in [-0.3, -0.25) is 14.4 Å². The van der Waals surface area contributed by atoms with Gasteiger partial charge in [0.15, 0.2) is 0 Å². The van der Waals surface area contributed by atoms with Crippen molar-refractivity contribution < 1.29 is 23.9 Å². The lowest BCUT2D eigenvalue weighted by Gasteiger charge is -2.30. The maximum atomic E-state index is 14.0. The minimum atomic E-state index is -0.697. The second-order valence-corrected chi connectivity index (χ2v) is 21.1. The van der Waals surface area contributed by atoms with Gasteiger partial charge in [-0.2, -0.15) is 0 Å². The van der Waals surface area contributed by atoms with Crippen LogP contribution in [0, 0.1) is 29.6 Å². The Bertz CT molecular complexity index is 2660. The molecule has 4 heterocycles. The Hall–Kier alpha value is -5.78. The van der Waals surface area contributed by atoms with Gasteiger partial charge in [-0.1, -0.05) is 104 Å². The number of carbonyl (C=O) groups is 4. The number of Topliss-reactive ketones (excluding diaryl/α,β-unsaturated/α-hetero) is 1. The number of imidazole rings is 2. The van der Waals surface area contributed by atoms with E-state index in [1.807, 2.05) is 50.6 Å². The molecule has 12 heteroatoms. The van der Waals surface area contributed by atoms with Gasteiger partial charge in [0.25, 0.3) is 0 Å². The van der Waals surface area contributed by atoms with Crippen LogP contribution in [0.25, 0.3) is 44.5 Å². The molecule has 3 aromatic carbocycles. The lowest BCUT2D eigenvalue weighted by molar-refractivity contribution is -0.140. The topological polar surface area (TPSA) is 153 Å². The zero-order valence-electron chi connectivity index (χ0n) is 40.7. The molecule has 3 N–H and O–H groups in total. The molecule has 2 aliphatic heterocycles. The van der Waals surface area contributed by atoms with Crippen LogP contribution in [0.1, 0.15) is 141 Å². The molecule has 0 bridgehead atoms. The van der Waals surface area contributed by atoms with Gasteiger partial charge in [0, 0.05) is 31.8 Å². The van der Waals surface area contributed by atoms with Crippen molar-refractivity contribution in [2.24, 2.45) is 29.6 Å². The van der Waals surface area contributed by atoms with E-state index in [0.717, 1.165) is 65.2 Å². The van der Waals surface area contributed by atoms with Crippen LogP contribution in [0.3, 0.4) is 0 Å². The summed E-state index contributed by atoms with van der Waals surface area (Å²) in [5.41, 5.74) is 11.9. The smallest absolute Gasteiger partial charge is 0.407 e. The normalized spacial score (nSPS) is 22.0. The number of methoxy groups -OCH3 is 1. The molecule has 67 heavy (non-hydrogen) atoms. The number of hydrogen-bond acceptors (Lipinski definition) is 7. The van der Waals surface area contributed by atoms with Gasteiger partial charge in [0.05, 0.1) is 42.1 Å². The Morgan fingerprint density at radius 3 is 2.09 bits per heavy atom. The van der Waals surface area contributed by atoms with E-state index >= 15 is 0 Å². The molecule has 9 rings (SSSR count). The van der Waals surface area contributed by atoms with Crippen LogP contribution in [-0.4, -0.2) is 79.7 Å². The van der Waals surface area contributed by atoms with Gasteiger partial charge < -0.3 is 29.8 Å². The van der Waals surface area contributed by atoms with Crippen LogP contribution in [0.5, 0.6) is 0 Å². The molecule has 3 amide bonds. The Balaban J connectivity index is 0.983. The van der Waals surface area contributed by atoms with Gasteiger partial charge in [0.2, 0.25) is 11.8 Å². The maximum absolute atomic E-state index is 14.0. The third kappa shape index (κ3) is 8.81. The third-order valence-electron chi connectivity index (χ3n) is 15.7. The molecule has 4 aliphatic rings. The first-order chi connectivity index (χ1) is 32.2. The van der Waals surface area contributed by atoms with Crippen molar-refractivity contribution in [3.05, 3.63) is 83.6 Å². The molecule has 2 saturated heterocycles. The molecule has 0 radical (unpaired) electrons. The lowest BCUT2D eigenvalue weighted by atomic mass is 9.76. The molecule has 2 aromatic heterocycles. The van der Waals surface area contributed by atoms with Gasteiger partial charge in [-0.25, -0.2) is 14.8 Å². The molecule has 0 unspecified atom stereocenters. The Morgan fingerprint density at radius 2 is 1.43 bits per heavy atom. The number of ether oxygens (including phenoxy) is 1. The number of H-pyrrole nitrogens is 2. The predicted molar refractivity (Wildman–Crippen MR) is 262 cm³/mol. The summed E-state index contributed by atoms with van der Waals surface area (Å²) in [6.45, 7) is 15.4. The molecule has 5 aromatic rings. The second kappa shape index (κ2) is 18.7. The highest BCUT2D eigenvalue weighted by Crippen LogP contribution is 2.55. The maximum Gasteiger partial charge on any atom is 0.407 e. The molecule has 1 saturated carbocycles. The van der Waals surface area contributed by atoms with Gasteiger partial charge in [-0.15, -0.1) is 0 Å². The van der Waals surface area contributed by atoms with Crippen LogP contribution < -0.4 is 5.32 Å². The first-order valence-electron chi connectivity index (χ1n) is 25.0. The van der Waals surface area contributed by atoms with E-state index < -0.39 is 12.1 Å². The fraction of sp³-hybridized carbons (Fsp3) is 0.527. The number of benzene rings is 3. The standard InChI is InChI=1S/C55H69N7O5/c1-9-38(63)27-42(31(2)3)52(64)61-29-33(6)24-46(61)50-56-28-45(59-50)36-14-12-35(13-15-36)40-18-17-39(41-20-23-55(48(40)41)21-10-11-22-55)37-16-19-43-44(26-37)58-51(57-43)47-25-34(7)30-62(47)53(65)49(32(4)5)60-54(66)67-8/h12-19,26,28,31-34,42,46-47,49H,9-11,20-25,27,29-30H2,1-8H3,(H,56,59)(H,57,58)(H,60,66)/t33-,34-,42-,46-,47-,49-/m0/s1. The number of nitrogens with one attached hydrogen (secondary N) is 3. The van der Waals surface area contributed by atoms with Gasteiger partial charge >= 0.3 is 6.09 Å². The Labute approximate surface area is 395 Å². The van der Waals surface area contributed by atoms with E-state index in [-0.39, 0.29) is 58.8 Å². The first kappa shape index (κ1) is 46.3. The fourth-order valence-electron chi connectivity index (χ4n) is 12.1. The number of amides is 3. The number of likely N-dealkylation sites (tertiary alicyclic amines) is 2. The van der Waals surface area contributed by atoms with E-state index in [1.54, 1.807) is 0 Å². The zero-order chi connectivity index (χ0) is 47.3. The van der Waals surface area contributed by atoms with Crippen molar-refractivity contribution in [3.63, 3.8) is 0 Å². The quantitative estimate of drug-likeness (QED) is 0.106. The number of alkyl carbamates (subject to hydrolysis) is 1. The first-order valence-corrected chi connectivity index (χ1v) is 25.0. The van der Waals surface area contributed by atoms with Crippen LogP contribution in [-0.2, 0) is 31.0 Å². The summed E-state index contributed by atoms with van der Waals surface area (Å²) in [4.78, 5) is 73.7. The highest BCUT2D eigenvalue weighted by molar-refractivity contribution is 5.89. The number of nitrogens with zero attached hydrogens (tertiary/aromatic N) is 4. The molecular weight excluding hydrogens is 839 g/mol. The number of ketones is 1. The highest BCUT2D eigenvalue weighted by atomic mass is 16.5. The molecule has 2 aliphatic carbocycles. The van der Waals surface area contributed by atoms with E-state index in [0.29, 0.717) is 31.8 Å². The van der Waals surface area contributed by atoms with Crippen LogP contribution in [0.15, 0.2) is 60.8 Å². The molecule has 12 nitrogen and oxygen atoms in total. The number of fused-ring (bicyclic) bond motifs is 3. The Kier molecular flexibility index (Phi) is 12.9. The number of aromatic nitrogens is 4. The number of aromatic amines is 2. The summed E-state index contributed by atoms with van der Waals surface area (Å²) in [7, 11) is 1.31. The lowest BCUT2D eigenvalue weighted by Crippen LogP contribution is -2.51. The van der Waals surface area contributed by atoms with Crippen LogP contribution >= 0.6 is 0 Å². The number of hydrogen-bond donors (Lipinski definition) is 3. The van der Waals surface area contributed by atoms with Crippen molar-refractivity contribution in [1.82, 2.24) is 35.1 Å². The largest absolute Gasteiger partial charge is 0.453 e. The number of carbonyl (C=O) groups excluding carboxylic acids is 4. The molecular formula is C55H69N7O5. The molecule has 3 fully saturated rings. The van der Waals surface area contributed by atoms with E-state index in [4.69, 9.17) is 14.7 Å². The highest BCUT2D eigenvalue weighted by Gasteiger charge is 2.45. The Morgan fingerprint density at radius 1 is 0.791 bits per heavy atom. The van der Waals surface area contributed by atoms with E-state index in [1.165, 1.54) is 60.6 Å². The van der Waals surface area contributed by atoms with Crippen molar-refractivity contribution in [2.75, 3.05) is 20.2 Å². The van der Waals surface area contributed by atoms with E-state index in [9.17, 15) is 19.2 Å². The minimum Gasteiger partial charge on any atom is -0.453 e. The monoisotopic (exact) mass is 908 g/mol. The van der Waals surface area contributed by atoms with Gasteiger partial charge in [0.1, 0.15) is 23.5 Å². The van der Waals surface area contributed by atoms with Crippen LogP contribution in [0.2, 0.25) is 0 Å². The van der Waals surface area contributed by atoms with E-state index in [2.05, 4.69) is 83.7 Å². The van der Waals surface area contributed by atoms with Crippen molar-refractivity contribution in [1.29, 1.82) is 0 Å². The predicted octanol–water partition coefficient (Wildman–Crippen LogP) is 10.9. The molecule has 6 atom stereocenters. The summed E-state index contributed by atoms with van der Waals surface area (Å²) >= 11 is 0. The minimum absolute atomic E-state index is 0.0616. The summed E-state index contributed by atoms with van der Waals surface area (Å²) < 4.78 is 4.85. The molecule has 1 spiro atoms. The fourth-order valence-corrected chi connectivity index (χ4v) is 12.1. The number of rotatable bonds is 13. The van der Waals surface area contributed by atoms with Gasteiger partial charge in [-0.05, 0) is 119 Å². The second-order valence-electron chi connectivity index (χ2n) is 21.1. The third-order valence-corrected chi connectivity index (χ3v) is 15.7. The zero-order valence-corrected chi connectivity index (χ0v) is 40.7. The summed E-state index contributed by atoms with van der Waals surface area (Å²) in [5, 5.41) is 2.76. The average Bonchev–Trinajstić information content (AvgIpc) is 4.20. The van der Waals surface area contributed by atoms with Crippen LogP contribution in [0.4, 0.5) is 4.79 Å². The summed E-state index contributed by atoms with van der Waals surface area (Å²) in [6, 6.07) is 19.0.